The van der Waals surface area contributed by atoms with E-state index >= 15 is 0 Å². The normalized spacial score (nSPS) is 21.8. The summed E-state index contributed by atoms with van der Waals surface area (Å²) in [7, 11) is 3.56. The fourth-order valence-electron chi connectivity index (χ4n) is 1.41. The van der Waals surface area contributed by atoms with E-state index in [0.717, 1.165) is 19.6 Å². The number of hydrogen-bond donors (Lipinski definition) is 1. The number of carbonyl (C=O) groups is 1. The Labute approximate surface area is 79.2 Å². The summed E-state index contributed by atoms with van der Waals surface area (Å²) >= 11 is 0. The number of amides is 1. The molecule has 1 aliphatic rings. The highest BCUT2D eigenvalue weighted by molar-refractivity contribution is 5.76. The standard InChI is InChI=1S/C9H18N2O2/c1-11(2)9(12)7-10-6-8-4-3-5-13-8/h8,10H,3-7H2,1-2H3/p+1/t8-/m1/s1. The van der Waals surface area contributed by atoms with E-state index in [1.54, 1.807) is 19.0 Å². The van der Waals surface area contributed by atoms with E-state index in [2.05, 4.69) is 0 Å². The number of hydrogen-bond acceptors (Lipinski definition) is 2. The first-order chi connectivity index (χ1) is 6.20. The number of carbonyl (C=O) groups excluding carboxylic acids is 1. The summed E-state index contributed by atoms with van der Waals surface area (Å²) < 4.78 is 5.44. The smallest absolute Gasteiger partial charge is 0.277 e. The minimum absolute atomic E-state index is 0.165. The Morgan fingerprint density at radius 3 is 2.92 bits per heavy atom. The second-order valence-electron chi connectivity index (χ2n) is 3.65. The van der Waals surface area contributed by atoms with Crippen LogP contribution < -0.4 is 5.32 Å². The summed E-state index contributed by atoms with van der Waals surface area (Å²) in [5.74, 6) is 0.165. The van der Waals surface area contributed by atoms with Crippen molar-refractivity contribution in [2.75, 3.05) is 33.8 Å². The van der Waals surface area contributed by atoms with Crippen molar-refractivity contribution in [1.29, 1.82) is 0 Å². The van der Waals surface area contributed by atoms with E-state index in [9.17, 15) is 4.79 Å². The molecule has 4 heteroatoms. The van der Waals surface area contributed by atoms with Gasteiger partial charge in [0.05, 0.1) is 0 Å². The molecule has 2 N–H and O–H groups in total. The van der Waals surface area contributed by atoms with Crippen molar-refractivity contribution in [2.45, 2.75) is 18.9 Å². The number of ether oxygens (including phenoxy) is 1. The highest BCUT2D eigenvalue weighted by atomic mass is 16.5. The molecule has 0 radical (unpaired) electrons. The lowest BCUT2D eigenvalue weighted by Crippen LogP contribution is -2.88. The molecular formula is C9H19N2O2+. The van der Waals surface area contributed by atoms with E-state index in [4.69, 9.17) is 4.74 Å². The van der Waals surface area contributed by atoms with Crippen molar-refractivity contribution in [2.24, 2.45) is 0 Å². The average molecular weight is 187 g/mol. The van der Waals surface area contributed by atoms with Crippen molar-refractivity contribution in [3.05, 3.63) is 0 Å². The lowest BCUT2D eigenvalue weighted by Gasteiger charge is -2.10. The summed E-state index contributed by atoms with van der Waals surface area (Å²) in [4.78, 5) is 12.8. The first kappa shape index (κ1) is 10.5. The zero-order valence-corrected chi connectivity index (χ0v) is 8.45. The van der Waals surface area contributed by atoms with Gasteiger partial charge in [-0.05, 0) is 12.8 Å². The van der Waals surface area contributed by atoms with Gasteiger partial charge < -0.3 is 15.0 Å². The van der Waals surface area contributed by atoms with Crippen LogP contribution in [0.25, 0.3) is 0 Å². The molecular weight excluding hydrogens is 168 g/mol. The molecule has 1 atom stereocenters. The van der Waals surface area contributed by atoms with Gasteiger partial charge in [0.2, 0.25) is 0 Å². The first-order valence-electron chi connectivity index (χ1n) is 4.83. The van der Waals surface area contributed by atoms with Crippen molar-refractivity contribution in [3.63, 3.8) is 0 Å². The minimum atomic E-state index is 0.165. The maximum absolute atomic E-state index is 11.2. The third-order valence-electron chi connectivity index (χ3n) is 2.27. The van der Waals surface area contributed by atoms with Gasteiger partial charge in [-0.3, -0.25) is 4.79 Å². The van der Waals surface area contributed by atoms with Gasteiger partial charge >= 0.3 is 0 Å². The van der Waals surface area contributed by atoms with E-state index in [0.29, 0.717) is 12.6 Å². The van der Waals surface area contributed by atoms with Crippen LogP contribution in [0.3, 0.4) is 0 Å². The van der Waals surface area contributed by atoms with Crippen LogP contribution in [-0.4, -0.2) is 50.7 Å². The maximum Gasteiger partial charge on any atom is 0.277 e. The predicted molar refractivity (Wildman–Crippen MR) is 49.3 cm³/mol. The van der Waals surface area contributed by atoms with Crippen molar-refractivity contribution in [3.8, 4) is 0 Å². The minimum Gasteiger partial charge on any atom is -0.372 e. The monoisotopic (exact) mass is 187 g/mol. The topological polar surface area (TPSA) is 46.2 Å². The molecule has 1 aliphatic heterocycles. The molecule has 0 spiro atoms. The maximum atomic E-state index is 11.2. The van der Waals surface area contributed by atoms with Gasteiger partial charge in [-0.1, -0.05) is 0 Å². The van der Waals surface area contributed by atoms with Gasteiger partial charge in [0, 0.05) is 20.7 Å². The zero-order valence-electron chi connectivity index (χ0n) is 8.45. The average Bonchev–Trinajstić information content (AvgIpc) is 2.56. The summed E-state index contributed by atoms with van der Waals surface area (Å²) in [6, 6.07) is 0. The Hall–Kier alpha value is -0.610. The molecule has 1 fully saturated rings. The number of nitrogens with two attached hydrogens (primary N) is 1. The SMILES string of the molecule is CN(C)C(=O)C[NH2+]C[C@H]1CCCO1. The van der Waals surface area contributed by atoms with Crippen molar-refractivity contribution < 1.29 is 14.8 Å². The van der Waals surface area contributed by atoms with Crippen LogP contribution in [-0.2, 0) is 9.53 Å². The summed E-state index contributed by atoms with van der Waals surface area (Å²) in [5.41, 5.74) is 0. The fraction of sp³-hybridized carbons (Fsp3) is 0.889. The Bertz CT molecular complexity index is 165. The molecule has 1 rings (SSSR count). The van der Waals surface area contributed by atoms with Crippen LogP contribution in [0.5, 0.6) is 0 Å². The number of quaternary nitrogens is 1. The Morgan fingerprint density at radius 2 is 2.38 bits per heavy atom. The molecule has 0 aromatic heterocycles. The van der Waals surface area contributed by atoms with Crippen LogP contribution in [0, 0.1) is 0 Å². The third-order valence-corrected chi connectivity index (χ3v) is 2.27. The molecule has 0 saturated carbocycles. The number of likely N-dealkylation sites (N-methyl/N-ethyl adjacent to an activating group) is 1. The van der Waals surface area contributed by atoms with Gasteiger partial charge in [-0.15, -0.1) is 0 Å². The lowest BCUT2D eigenvalue weighted by atomic mass is 10.2. The van der Waals surface area contributed by atoms with Crippen LogP contribution in [0.4, 0.5) is 0 Å². The van der Waals surface area contributed by atoms with Crippen LogP contribution in [0.2, 0.25) is 0 Å². The second kappa shape index (κ2) is 5.19. The van der Waals surface area contributed by atoms with Gasteiger partial charge in [-0.2, -0.15) is 0 Å². The van der Waals surface area contributed by atoms with Gasteiger partial charge in [0.15, 0.2) is 6.54 Å². The largest absolute Gasteiger partial charge is 0.372 e. The Balaban J connectivity index is 2.03. The van der Waals surface area contributed by atoms with Crippen LogP contribution in [0.15, 0.2) is 0 Å². The molecule has 0 aliphatic carbocycles. The van der Waals surface area contributed by atoms with Gasteiger partial charge in [-0.25, -0.2) is 0 Å². The zero-order chi connectivity index (χ0) is 9.68. The molecule has 1 saturated heterocycles. The lowest BCUT2D eigenvalue weighted by molar-refractivity contribution is -0.650. The van der Waals surface area contributed by atoms with Crippen LogP contribution in [0.1, 0.15) is 12.8 Å². The Morgan fingerprint density at radius 1 is 1.62 bits per heavy atom. The number of rotatable bonds is 4. The third kappa shape index (κ3) is 3.74. The van der Waals surface area contributed by atoms with Gasteiger partial charge in [0.25, 0.3) is 5.91 Å². The molecule has 4 nitrogen and oxygen atoms in total. The molecule has 1 heterocycles. The summed E-state index contributed by atoms with van der Waals surface area (Å²) in [6.45, 7) is 2.34. The quantitative estimate of drug-likeness (QED) is 0.602. The van der Waals surface area contributed by atoms with E-state index < -0.39 is 0 Å². The summed E-state index contributed by atoms with van der Waals surface area (Å²) in [6.07, 6.45) is 2.68. The second-order valence-corrected chi connectivity index (χ2v) is 3.65. The van der Waals surface area contributed by atoms with Gasteiger partial charge in [0.1, 0.15) is 12.6 Å². The van der Waals surface area contributed by atoms with Crippen LogP contribution >= 0.6 is 0 Å². The first-order valence-corrected chi connectivity index (χ1v) is 4.83. The highest BCUT2D eigenvalue weighted by Gasteiger charge is 2.17. The highest BCUT2D eigenvalue weighted by Crippen LogP contribution is 2.08. The molecule has 1 amide bonds. The van der Waals surface area contributed by atoms with Crippen molar-refractivity contribution in [1.82, 2.24) is 4.90 Å². The molecule has 13 heavy (non-hydrogen) atoms. The number of nitrogens with zero attached hydrogens (tertiary/aromatic N) is 1. The molecule has 0 aromatic carbocycles. The van der Waals surface area contributed by atoms with E-state index in [1.807, 2.05) is 5.32 Å². The molecule has 76 valence electrons. The predicted octanol–water partition coefficient (Wildman–Crippen LogP) is -1.18. The Kier molecular flexibility index (Phi) is 4.18. The van der Waals surface area contributed by atoms with E-state index in [-0.39, 0.29) is 5.91 Å². The molecule has 0 unspecified atom stereocenters. The molecule has 0 bridgehead atoms. The van der Waals surface area contributed by atoms with E-state index in [1.165, 1.54) is 6.42 Å². The van der Waals surface area contributed by atoms with Crippen molar-refractivity contribution >= 4 is 5.91 Å². The molecule has 0 aromatic rings. The fourth-order valence-corrected chi connectivity index (χ4v) is 1.41. The summed E-state index contributed by atoms with van der Waals surface area (Å²) in [5, 5.41) is 2.03.